The normalized spacial score (nSPS) is 11.0. The summed E-state index contributed by atoms with van der Waals surface area (Å²) in [6, 6.07) is 5.49. The van der Waals surface area contributed by atoms with Gasteiger partial charge in [0.2, 0.25) is 0 Å². The Kier molecular flexibility index (Phi) is 3.07. The molecule has 0 aliphatic rings. The number of rotatable bonds is 3. The average molecular weight is 237 g/mol. The average Bonchev–Trinajstić information content (AvgIpc) is 2.15. The minimum atomic E-state index is -3.94. The third-order valence-corrected chi connectivity index (χ3v) is 2.86. The van der Waals surface area contributed by atoms with E-state index in [9.17, 15) is 13.3 Å². The maximum Gasteiger partial charge on any atom is 0.336 e. The first-order valence-corrected chi connectivity index (χ1v) is 5.83. The topological polar surface area (TPSA) is 63.5 Å². The fourth-order valence-electron chi connectivity index (χ4n) is 0.913. The number of para-hydroxylation sites is 1. The first-order valence-electron chi connectivity index (χ1n) is 3.52. The van der Waals surface area contributed by atoms with Crippen molar-refractivity contribution in [2.45, 2.75) is 4.90 Å². The minimum absolute atomic E-state index is 0.0786. The van der Waals surface area contributed by atoms with Crippen LogP contribution in [0.25, 0.3) is 0 Å². The highest BCUT2D eigenvalue weighted by molar-refractivity contribution is 8.13. The molecule has 0 heterocycles. The summed E-state index contributed by atoms with van der Waals surface area (Å²) in [5.74, 6) is 0. The number of halogens is 1. The predicted molar refractivity (Wildman–Crippen MR) is 49.8 cm³/mol. The zero-order valence-electron chi connectivity index (χ0n) is 7.18. The van der Waals surface area contributed by atoms with Gasteiger partial charge in [0.05, 0.1) is 4.91 Å². The number of benzene rings is 1. The molecular formula is C7H7ClNO4S+. The maximum absolute atomic E-state index is 11.1. The first-order chi connectivity index (χ1) is 6.46. The first kappa shape index (κ1) is 10.9. The molecule has 7 heteroatoms. The Labute approximate surface area is 85.2 Å². The number of hydrogen-bond acceptors (Lipinski definition) is 4. The lowest BCUT2D eigenvalue weighted by molar-refractivity contribution is -0.738. The summed E-state index contributed by atoms with van der Waals surface area (Å²) in [6.45, 7) is 0. The van der Waals surface area contributed by atoms with Crippen molar-refractivity contribution >= 4 is 25.4 Å². The molecule has 0 spiro atoms. The fourth-order valence-corrected chi connectivity index (χ4v) is 1.94. The van der Waals surface area contributed by atoms with Gasteiger partial charge in [0.15, 0.2) is 12.0 Å². The van der Waals surface area contributed by atoms with Gasteiger partial charge in [-0.05, 0) is 6.07 Å². The van der Waals surface area contributed by atoms with Crippen molar-refractivity contribution in [2.75, 3.05) is 7.11 Å². The molecule has 0 radical (unpaired) electrons. The fraction of sp³-hybridized carbons (Fsp3) is 0.143. The van der Waals surface area contributed by atoms with E-state index >= 15 is 0 Å². The van der Waals surface area contributed by atoms with E-state index < -0.39 is 9.05 Å². The van der Waals surface area contributed by atoms with Gasteiger partial charge in [-0.3, -0.25) is 0 Å². The highest BCUT2D eigenvalue weighted by Crippen LogP contribution is 2.26. The van der Waals surface area contributed by atoms with Crippen LogP contribution in [0.3, 0.4) is 0 Å². The summed E-state index contributed by atoms with van der Waals surface area (Å²) in [7, 11) is 2.31. The van der Waals surface area contributed by atoms with Crippen LogP contribution in [0.1, 0.15) is 0 Å². The molecule has 1 aromatic carbocycles. The lowest BCUT2D eigenvalue weighted by Crippen LogP contribution is -2.03. The quantitative estimate of drug-likeness (QED) is 0.591. The SMILES string of the molecule is CO[N+](=O)c1ccccc1S(=O)(=O)Cl. The molecule has 0 atom stereocenters. The molecule has 1 aromatic rings. The van der Waals surface area contributed by atoms with Crippen molar-refractivity contribution in [1.82, 2.24) is 0 Å². The van der Waals surface area contributed by atoms with E-state index in [1.54, 1.807) is 0 Å². The zero-order valence-corrected chi connectivity index (χ0v) is 8.75. The van der Waals surface area contributed by atoms with Gasteiger partial charge in [0.1, 0.15) is 0 Å². The summed E-state index contributed by atoms with van der Waals surface area (Å²) >= 11 is 0. The lowest BCUT2D eigenvalue weighted by Gasteiger charge is -1.95. The molecule has 5 nitrogen and oxygen atoms in total. The Bertz CT molecular complexity index is 457. The predicted octanol–water partition coefficient (Wildman–Crippen LogP) is 1.59. The second-order valence-corrected chi connectivity index (χ2v) is 4.88. The molecule has 0 aliphatic heterocycles. The van der Waals surface area contributed by atoms with Crippen LogP contribution in [0, 0.1) is 4.91 Å². The van der Waals surface area contributed by atoms with Gasteiger partial charge in [-0.2, -0.15) is 0 Å². The third-order valence-electron chi connectivity index (χ3n) is 1.49. The second-order valence-electron chi connectivity index (χ2n) is 2.35. The summed E-state index contributed by atoms with van der Waals surface area (Å²) in [5, 5.41) is 0. The Balaban J connectivity index is 3.38. The molecule has 0 saturated carbocycles. The molecular weight excluding hydrogens is 230 g/mol. The van der Waals surface area contributed by atoms with Gasteiger partial charge in [-0.1, -0.05) is 12.1 Å². The molecule has 76 valence electrons. The van der Waals surface area contributed by atoms with Crippen molar-refractivity contribution < 1.29 is 18.2 Å². The molecule has 0 unspecified atom stereocenters. The molecule has 0 aromatic heterocycles. The standard InChI is InChI=1S/C7H7ClNO4S/c1-13-9(10)6-4-2-3-5-7(6)14(8,11)12/h2-5H,1H3/q+1. The molecule has 0 N–H and O–H groups in total. The highest BCUT2D eigenvalue weighted by atomic mass is 35.7. The van der Waals surface area contributed by atoms with Gasteiger partial charge in [-0.15, -0.1) is 0 Å². The Morgan fingerprint density at radius 2 is 1.93 bits per heavy atom. The van der Waals surface area contributed by atoms with Gasteiger partial charge >= 0.3 is 5.69 Å². The van der Waals surface area contributed by atoms with Crippen LogP contribution in [0.4, 0.5) is 5.69 Å². The van der Waals surface area contributed by atoms with Crippen LogP contribution in [0.5, 0.6) is 0 Å². The molecule has 0 bridgehead atoms. The van der Waals surface area contributed by atoms with Crippen molar-refractivity contribution in [1.29, 1.82) is 0 Å². The number of hydrogen-bond donors (Lipinski definition) is 0. The van der Waals surface area contributed by atoms with Crippen LogP contribution < -0.4 is 0 Å². The van der Waals surface area contributed by atoms with Gasteiger partial charge < -0.3 is 0 Å². The third kappa shape index (κ3) is 2.21. The van der Waals surface area contributed by atoms with Crippen LogP contribution in [-0.2, 0) is 13.9 Å². The van der Waals surface area contributed by atoms with Crippen molar-refractivity contribution in [2.24, 2.45) is 0 Å². The Morgan fingerprint density at radius 1 is 1.36 bits per heavy atom. The minimum Gasteiger partial charge on any atom is -0.230 e. The van der Waals surface area contributed by atoms with Crippen molar-refractivity contribution in [3.8, 4) is 0 Å². The highest BCUT2D eigenvalue weighted by Gasteiger charge is 2.27. The lowest BCUT2D eigenvalue weighted by atomic mass is 10.3. The molecule has 0 amide bonds. The van der Waals surface area contributed by atoms with Gasteiger partial charge in [0, 0.05) is 16.7 Å². The van der Waals surface area contributed by atoms with Crippen LogP contribution >= 0.6 is 10.7 Å². The summed E-state index contributed by atoms with van der Waals surface area (Å²) in [4.78, 5) is 15.2. The summed E-state index contributed by atoms with van der Waals surface area (Å²) < 4.78 is 22.0. The van der Waals surface area contributed by atoms with E-state index in [1.807, 2.05) is 0 Å². The largest absolute Gasteiger partial charge is 0.336 e. The van der Waals surface area contributed by atoms with Crippen LogP contribution in [-0.4, -0.2) is 20.5 Å². The van der Waals surface area contributed by atoms with E-state index in [4.69, 9.17) is 10.7 Å². The summed E-state index contributed by atoms with van der Waals surface area (Å²) in [6.07, 6.45) is 0. The molecule has 14 heavy (non-hydrogen) atoms. The van der Waals surface area contributed by atoms with E-state index in [0.717, 1.165) is 7.11 Å². The van der Waals surface area contributed by atoms with Crippen molar-refractivity contribution in [3.05, 3.63) is 29.2 Å². The Hall–Kier alpha value is -1.14. The smallest absolute Gasteiger partial charge is 0.230 e. The molecule has 0 aliphatic carbocycles. The second kappa shape index (κ2) is 3.93. The Morgan fingerprint density at radius 3 is 2.43 bits per heavy atom. The van der Waals surface area contributed by atoms with Crippen LogP contribution in [0.15, 0.2) is 29.2 Å². The maximum atomic E-state index is 11.1. The zero-order chi connectivity index (χ0) is 10.8. The molecule has 1 rings (SSSR count). The van der Waals surface area contributed by atoms with E-state index in [0.29, 0.717) is 0 Å². The van der Waals surface area contributed by atoms with E-state index in [2.05, 4.69) is 4.84 Å². The molecule has 0 saturated heterocycles. The van der Waals surface area contributed by atoms with Gasteiger partial charge in [0.25, 0.3) is 14.0 Å². The van der Waals surface area contributed by atoms with Crippen LogP contribution in [0.2, 0.25) is 0 Å². The van der Waals surface area contributed by atoms with E-state index in [-0.39, 0.29) is 15.5 Å². The molecule has 0 fully saturated rings. The van der Waals surface area contributed by atoms with Gasteiger partial charge in [-0.25, -0.2) is 13.3 Å². The van der Waals surface area contributed by atoms with Crippen molar-refractivity contribution in [3.63, 3.8) is 0 Å². The monoisotopic (exact) mass is 236 g/mol. The van der Waals surface area contributed by atoms with E-state index in [1.165, 1.54) is 24.3 Å². The number of nitrogens with zero attached hydrogens (tertiary/aromatic N) is 1. The summed E-state index contributed by atoms with van der Waals surface area (Å²) in [5.41, 5.74) is -0.148.